The van der Waals surface area contributed by atoms with E-state index in [-0.39, 0.29) is 29.2 Å². The molecular formula is C19H23NO4. The van der Waals surface area contributed by atoms with Crippen LogP contribution in [0.3, 0.4) is 0 Å². The van der Waals surface area contributed by atoms with Gasteiger partial charge in [-0.3, -0.25) is 4.79 Å². The fraction of sp³-hybridized carbons (Fsp3) is 0.579. The Bertz CT molecular complexity index is 716. The SMILES string of the molecule is COc1cc2c(cc1OC)C13C[C@H](C)[C@@H](C=O)C1CC(=O)N3CC2. The van der Waals surface area contributed by atoms with E-state index >= 15 is 0 Å². The number of fused-ring (bicyclic) bond motifs is 1. The molecule has 2 aliphatic heterocycles. The average Bonchev–Trinajstić information content (AvgIpc) is 3.01. The fourth-order valence-electron chi connectivity index (χ4n) is 5.40. The predicted octanol–water partition coefficient (Wildman–Crippen LogP) is 2.16. The van der Waals surface area contributed by atoms with E-state index in [0.29, 0.717) is 12.2 Å². The summed E-state index contributed by atoms with van der Waals surface area (Å²) in [6, 6.07) is 4.07. The van der Waals surface area contributed by atoms with Gasteiger partial charge in [0.25, 0.3) is 0 Å². The standard InChI is InChI=1S/C19H23NO4/c1-11-9-19-14-7-17(24-3)16(23-2)6-12(14)4-5-20(19)18(22)8-15(19)13(11)10-21/h6-7,10-11,13,15H,4-5,8-9H2,1-3H3/t11-,13+,15?,19?/m0/s1. The van der Waals surface area contributed by atoms with Gasteiger partial charge in [0.05, 0.1) is 19.8 Å². The Morgan fingerprint density at radius 3 is 2.62 bits per heavy atom. The molecule has 2 heterocycles. The molecule has 1 saturated heterocycles. The van der Waals surface area contributed by atoms with Crippen molar-refractivity contribution in [2.24, 2.45) is 17.8 Å². The zero-order valence-electron chi connectivity index (χ0n) is 14.4. The molecule has 2 fully saturated rings. The van der Waals surface area contributed by atoms with E-state index in [1.54, 1.807) is 14.2 Å². The number of hydrogen-bond donors (Lipinski definition) is 0. The highest BCUT2D eigenvalue weighted by molar-refractivity contribution is 5.83. The molecule has 0 radical (unpaired) electrons. The molecule has 4 rings (SSSR count). The second-order valence-electron chi connectivity index (χ2n) is 7.29. The van der Waals surface area contributed by atoms with E-state index in [4.69, 9.17) is 9.47 Å². The lowest BCUT2D eigenvalue weighted by Crippen LogP contribution is -2.49. The Hall–Kier alpha value is -2.04. The first-order valence-corrected chi connectivity index (χ1v) is 8.58. The molecule has 5 heteroatoms. The number of benzene rings is 1. The van der Waals surface area contributed by atoms with Gasteiger partial charge in [-0.05, 0) is 42.0 Å². The van der Waals surface area contributed by atoms with Gasteiger partial charge in [-0.1, -0.05) is 6.92 Å². The third kappa shape index (κ3) is 1.75. The summed E-state index contributed by atoms with van der Waals surface area (Å²) >= 11 is 0. The van der Waals surface area contributed by atoms with Gasteiger partial charge in [0, 0.05) is 24.8 Å². The van der Waals surface area contributed by atoms with Crippen molar-refractivity contribution in [3.8, 4) is 11.5 Å². The summed E-state index contributed by atoms with van der Waals surface area (Å²) in [7, 11) is 3.27. The monoisotopic (exact) mass is 329 g/mol. The normalized spacial score (nSPS) is 33.7. The molecule has 1 aromatic carbocycles. The minimum absolute atomic E-state index is 0.0574. The number of amides is 1. The summed E-state index contributed by atoms with van der Waals surface area (Å²) in [6.07, 6.45) is 3.20. The Morgan fingerprint density at radius 2 is 1.96 bits per heavy atom. The molecule has 128 valence electrons. The van der Waals surface area contributed by atoms with Crippen LogP contribution in [0.5, 0.6) is 11.5 Å². The first kappa shape index (κ1) is 15.5. The first-order chi connectivity index (χ1) is 11.6. The van der Waals surface area contributed by atoms with E-state index in [9.17, 15) is 9.59 Å². The summed E-state index contributed by atoms with van der Waals surface area (Å²) in [5.74, 6) is 1.88. The molecule has 1 amide bonds. The van der Waals surface area contributed by atoms with Crippen LogP contribution >= 0.6 is 0 Å². The predicted molar refractivity (Wildman–Crippen MR) is 88.1 cm³/mol. The van der Waals surface area contributed by atoms with Crippen molar-refractivity contribution in [1.82, 2.24) is 4.90 Å². The van der Waals surface area contributed by atoms with E-state index in [0.717, 1.165) is 37.0 Å². The van der Waals surface area contributed by atoms with Gasteiger partial charge in [-0.2, -0.15) is 0 Å². The molecule has 5 nitrogen and oxygen atoms in total. The maximum Gasteiger partial charge on any atom is 0.223 e. The molecule has 1 aromatic rings. The van der Waals surface area contributed by atoms with Crippen LogP contribution in [0.25, 0.3) is 0 Å². The quantitative estimate of drug-likeness (QED) is 0.798. The van der Waals surface area contributed by atoms with Crippen LogP contribution in [0.1, 0.15) is 30.9 Å². The molecule has 1 saturated carbocycles. The maximum absolute atomic E-state index is 12.6. The summed E-state index contributed by atoms with van der Waals surface area (Å²) in [5, 5.41) is 0. The Kier molecular flexibility index (Phi) is 3.37. The second-order valence-corrected chi connectivity index (χ2v) is 7.29. The van der Waals surface area contributed by atoms with Gasteiger partial charge in [0.2, 0.25) is 5.91 Å². The van der Waals surface area contributed by atoms with Crippen molar-refractivity contribution in [2.75, 3.05) is 20.8 Å². The van der Waals surface area contributed by atoms with Crippen LogP contribution in [0, 0.1) is 17.8 Å². The zero-order valence-corrected chi connectivity index (χ0v) is 14.4. The summed E-state index contributed by atoms with van der Waals surface area (Å²) in [6.45, 7) is 2.85. The van der Waals surface area contributed by atoms with Crippen LogP contribution in [-0.2, 0) is 21.5 Å². The number of methoxy groups -OCH3 is 2. The molecule has 24 heavy (non-hydrogen) atoms. The minimum atomic E-state index is -0.352. The number of carbonyl (C=O) groups is 2. The minimum Gasteiger partial charge on any atom is -0.493 e. The lowest BCUT2D eigenvalue weighted by Gasteiger charge is -2.44. The van der Waals surface area contributed by atoms with Crippen LogP contribution < -0.4 is 9.47 Å². The molecule has 0 N–H and O–H groups in total. The summed E-state index contributed by atoms with van der Waals surface area (Å²) in [4.78, 5) is 26.4. The third-order valence-electron chi connectivity index (χ3n) is 6.38. The van der Waals surface area contributed by atoms with E-state index < -0.39 is 0 Å². The lowest BCUT2D eigenvalue weighted by molar-refractivity contribution is -0.132. The van der Waals surface area contributed by atoms with Gasteiger partial charge in [0.15, 0.2) is 11.5 Å². The fourth-order valence-corrected chi connectivity index (χ4v) is 5.40. The number of ether oxygens (including phenoxy) is 2. The first-order valence-electron chi connectivity index (χ1n) is 8.58. The molecule has 4 atom stereocenters. The maximum atomic E-state index is 12.6. The van der Waals surface area contributed by atoms with E-state index in [2.05, 4.69) is 6.92 Å². The second kappa shape index (κ2) is 5.23. The molecule has 1 spiro atoms. The highest BCUT2D eigenvalue weighted by atomic mass is 16.5. The van der Waals surface area contributed by atoms with Gasteiger partial charge in [0.1, 0.15) is 6.29 Å². The van der Waals surface area contributed by atoms with Gasteiger partial charge in [-0.25, -0.2) is 0 Å². The van der Waals surface area contributed by atoms with Gasteiger partial charge in [-0.15, -0.1) is 0 Å². The Balaban J connectivity index is 1.93. The molecule has 0 aromatic heterocycles. The Morgan fingerprint density at radius 1 is 1.25 bits per heavy atom. The summed E-state index contributed by atoms with van der Waals surface area (Å²) in [5.41, 5.74) is 2.01. The van der Waals surface area contributed by atoms with Gasteiger partial charge >= 0.3 is 0 Å². The van der Waals surface area contributed by atoms with Crippen LogP contribution in [0.15, 0.2) is 12.1 Å². The van der Waals surface area contributed by atoms with Crippen molar-refractivity contribution >= 4 is 12.2 Å². The third-order valence-corrected chi connectivity index (χ3v) is 6.38. The number of carbonyl (C=O) groups excluding carboxylic acids is 2. The molecular weight excluding hydrogens is 306 g/mol. The number of hydrogen-bond acceptors (Lipinski definition) is 4. The Labute approximate surface area is 141 Å². The van der Waals surface area contributed by atoms with Crippen molar-refractivity contribution in [3.63, 3.8) is 0 Å². The highest BCUT2D eigenvalue weighted by Gasteiger charge is 2.63. The van der Waals surface area contributed by atoms with Crippen LogP contribution in [-0.4, -0.2) is 37.9 Å². The number of rotatable bonds is 3. The summed E-state index contributed by atoms with van der Waals surface area (Å²) < 4.78 is 11.0. The van der Waals surface area contributed by atoms with Crippen LogP contribution in [0.4, 0.5) is 0 Å². The van der Waals surface area contributed by atoms with Gasteiger partial charge < -0.3 is 19.2 Å². The lowest BCUT2D eigenvalue weighted by atomic mass is 9.74. The highest BCUT2D eigenvalue weighted by Crippen LogP contribution is 2.61. The van der Waals surface area contributed by atoms with Crippen molar-refractivity contribution < 1.29 is 19.1 Å². The molecule has 1 aliphatic carbocycles. The zero-order chi connectivity index (χ0) is 17.1. The van der Waals surface area contributed by atoms with Crippen molar-refractivity contribution in [3.05, 3.63) is 23.3 Å². The topological polar surface area (TPSA) is 55.8 Å². The molecule has 2 unspecified atom stereocenters. The van der Waals surface area contributed by atoms with E-state index in [1.165, 1.54) is 5.56 Å². The smallest absolute Gasteiger partial charge is 0.223 e. The van der Waals surface area contributed by atoms with Crippen molar-refractivity contribution in [2.45, 2.75) is 31.7 Å². The average molecular weight is 329 g/mol. The largest absolute Gasteiger partial charge is 0.493 e. The number of nitrogens with zero attached hydrogens (tertiary/aromatic N) is 1. The number of aldehydes is 1. The van der Waals surface area contributed by atoms with E-state index in [1.807, 2.05) is 17.0 Å². The van der Waals surface area contributed by atoms with Crippen LogP contribution in [0.2, 0.25) is 0 Å². The van der Waals surface area contributed by atoms with Crippen molar-refractivity contribution in [1.29, 1.82) is 0 Å². The molecule has 3 aliphatic rings. The molecule has 0 bridgehead atoms.